The molecule has 138 valence electrons. The molecule has 28 heavy (non-hydrogen) atoms. The van der Waals surface area contributed by atoms with E-state index in [2.05, 4.69) is 10.1 Å². The molecule has 3 N–H and O–H groups in total. The van der Waals surface area contributed by atoms with Crippen LogP contribution in [0.1, 0.15) is 11.3 Å². The average Bonchev–Trinajstić information content (AvgIpc) is 2.99. The molecule has 0 fully saturated rings. The number of benzene rings is 2. The Morgan fingerprint density at radius 3 is 2.50 bits per heavy atom. The zero-order valence-corrected chi connectivity index (χ0v) is 14.6. The number of aromatic nitrogens is 3. The predicted octanol–water partition coefficient (Wildman–Crippen LogP) is 3.11. The number of halogens is 1. The molecule has 4 rings (SSSR count). The first kappa shape index (κ1) is 17.3. The number of pyridine rings is 1. The second kappa shape index (κ2) is 6.25. The van der Waals surface area contributed by atoms with Crippen molar-refractivity contribution in [2.24, 2.45) is 0 Å². The monoisotopic (exact) mass is 376 g/mol. The van der Waals surface area contributed by atoms with Gasteiger partial charge in [-0.15, -0.1) is 0 Å². The summed E-state index contributed by atoms with van der Waals surface area (Å²) in [5.41, 5.74) is 1.29. The molecule has 0 aliphatic rings. The molecule has 0 atom stereocenters. The SMILES string of the molecule is Cc1nn(-c2ccc(F)cc2)c2[nH]c(=O)c(C#N)c(-c3ccc(O)c(O)c3)c12. The van der Waals surface area contributed by atoms with Gasteiger partial charge in [-0.1, -0.05) is 6.07 Å². The number of hydrogen-bond donors (Lipinski definition) is 3. The summed E-state index contributed by atoms with van der Waals surface area (Å²) in [7, 11) is 0. The van der Waals surface area contributed by atoms with Crippen LogP contribution in [0.3, 0.4) is 0 Å². The Balaban J connectivity index is 2.12. The van der Waals surface area contributed by atoms with Gasteiger partial charge in [-0.2, -0.15) is 10.4 Å². The van der Waals surface area contributed by atoms with Crippen LogP contribution in [-0.4, -0.2) is 25.0 Å². The van der Waals surface area contributed by atoms with Crippen molar-refractivity contribution < 1.29 is 14.6 Å². The maximum Gasteiger partial charge on any atom is 0.268 e. The Hall–Kier alpha value is -4.12. The van der Waals surface area contributed by atoms with Crippen molar-refractivity contribution in [1.82, 2.24) is 14.8 Å². The minimum Gasteiger partial charge on any atom is -0.504 e. The van der Waals surface area contributed by atoms with Gasteiger partial charge in [0.15, 0.2) is 11.5 Å². The molecular formula is C20H13FN4O3. The van der Waals surface area contributed by atoms with Gasteiger partial charge in [-0.25, -0.2) is 9.07 Å². The van der Waals surface area contributed by atoms with Crippen LogP contribution >= 0.6 is 0 Å². The number of aryl methyl sites for hydroxylation is 1. The summed E-state index contributed by atoms with van der Waals surface area (Å²) < 4.78 is 14.7. The predicted molar refractivity (Wildman–Crippen MR) is 99.9 cm³/mol. The van der Waals surface area contributed by atoms with Gasteiger partial charge in [-0.3, -0.25) is 4.79 Å². The molecule has 8 heteroatoms. The van der Waals surface area contributed by atoms with Crippen LogP contribution in [-0.2, 0) is 0 Å². The van der Waals surface area contributed by atoms with Gasteiger partial charge in [-0.05, 0) is 48.9 Å². The number of nitrogens with zero attached hydrogens (tertiary/aromatic N) is 3. The Kier molecular flexibility index (Phi) is 3.86. The molecule has 0 amide bonds. The molecule has 0 aliphatic carbocycles. The summed E-state index contributed by atoms with van der Waals surface area (Å²) in [6, 6.07) is 11.5. The van der Waals surface area contributed by atoms with Crippen molar-refractivity contribution in [1.29, 1.82) is 5.26 Å². The van der Waals surface area contributed by atoms with Crippen LogP contribution in [0, 0.1) is 24.1 Å². The lowest BCUT2D eigenvalue weighted by Gasteiger charge is -2.09. The number of nitriles is 1. The first-order valence-electron chi connectivity index (χ1n) is 8.24. The molecular weight excluding hydrogens is 363 g/mol. The van der Waals surface area contributed by atoms with Gasteiger partial charge in [0.05, 0.1) is 11.4 Å². The minimum absolute atomic E-state index is 0.139. The molecule has 0 saturated heterocycles. The lowest BCUT2D eigenvalue weighted by Crippen LogP contribution is -2.13. The lowest BCUT2D eigenvalue weighted by atomic mass is 9.97. The highest BCUT2D eigenvalue weighted by atomic mass is 19.1. The molecule has 0 aliphatic heterocycles. The number of phenolic OH excluding ortho intramolecular Hbond substituents is 2. The summed E-state index contributed by atoms with van der Waals surface area (Å²) in [6.45, 7) is 1.71. The quantitative estimate of drug-likeness (QED) is 0.465. The Bertz CT molecular complexity index is 1330. The van der Waals surface area contributed by atoms with Crippen LogP contribution < -0.4 is 5.56 Å². The topological polar surface area (TPSA) is 115 Å². The van der Waals surface area contributed by atoms with Gasteiger partial charge < -0.3 is 15.2 Å². The van der Waals surface area contributed by atoms with Crippen LogP contribution in [0.15, 0.2) is 47.3 Å². The van der Waals surface area contributed by atoms with E-state index in [0.29, 0.717) is 33.5 Å². The van der Waals surface area contributed by atoms with Gasteiger partial charge >= 0.3 is 0 Å². The number of nitrogens with one attached hydrogen (secondary N) is 1. The maximum atomic E-state index is 13.3. The van der Waals surface area contributed by atoms with E-state index < -0.39 is 11.4 Å². The van der Waals surface area contributed by atoms with Crippen LogP contribution in [0.5, 0.6) is 11.5 Å². The number of aromatic amines is 1. The number of aromatic hydroxyl groups is 2. The van der Waals surface area contributed by atoms with E-state index in [1.54, 1.807) is 6.92 Å². The van der Waals surface area contributed by atoms with E-state index in [4.69, 9.17) is 0 Å². The van der Waals surface area contributed by atoms with E-state index in [9.17, 15) is 24.7 Å². The number of rotatable bonds is 2. The van der Waals surface area contributed by atoms with Crippen molar-refractivity contribution in [3.05, 3.63) is 69.9 Å². The zero-order valence-electron chi connectivity index (χ0n) is 14.6. The van der Waals surface area contributed by atoms with E-state index in [-0.39, 0.29) is 17.1 Å². The first-order chi connectivity index (χ1) is 13.4. The summed E-state index contributed by atoms with van der Waals surface area (Å²) in [5.74, 6) is -1.10. The van der Waals surface area contributed by atoms with Crippen LogP contribution in [0.2, 0.25) is 0 Å². The molecule has 2 heterocycles. The van der Waals surface area contributed by atoms with E-state index in [0.717, 1.165) is 0 Å². The normalized spacial score (nSPS) is 10.9. The number of fused-ring (bicyclic) bond motifs is 1. The molecule has 2 aromatic carbocycles. The summed E-state index contributed by atoms with van der Waals surface area (Å²) in [5, 5.41) is 33.9. The maximum absolute atomic E-state index is 13.3. The largest absolute Gasteiger partial charge is 0.504 e. The zero-order chi connectivity index (χ0) is 20.0. The number of phenols is 2. The van der Waals surface area contributed by atoms with Gasteiger partial charge in [0, 0.05) is 10.9 Å². The van der Waals surface area contributed by atoms with E-state index >= 15 is 0 Å². The first-order valence-corrected chi connectivity index (χ1v) is 8.24. The Labute approximate surface area is 157 Å². The molecule has 0 radical (unpaired) electrons. The van der Waals surface area contributed by atoms with Crippen molar-refractivity contribution in [3.8, 4) is 34.4 Å². The van der Waals surface area contributed by atoms with E-state index in [1.165, 1.54) is 47.1 Å². The van der Waals surface area contributed by atoms with E-state index in [1.807, 2.05) is 6.07 Å². The molecule has 0 unspecified atom stereocenters. The highest BCUT2D eigenvalue weighted by molar-refractivity contribution is 5.98. The van der Waals surface area contributed by atoms with Crippen molar-refractivity contribution in [2.45, 2.75) is 6.92 Å². The molecule has 2 aromatic heterocycles. The third-order valence-corrected chi connectivity index (χ3v) is 4.47. The molecule has 0 bridgehead atoms. The third-order valence-electron chi connectivity index (χ3n) is 4.47. The van der Waals surface area contributed by atoms with Crippen molar-refractivity contribution in [3.63, 3.8) is 0 Å². The molecule has 0 spiro atoms. The lowest BCUT2D eigenvalue weighted by molar-refractivity contribution is 0.404. The highest BCUT2D eigenvalue weighted by Gasteiger charge is 2.21. The summed E-state index contributed by atoms with van der Waals surface area (Å²) in [4.78, 5) is 15.2. The Morgan fingerprint density at radius 2 is 1.86 bits per heavy atom. The smallest absolute Gasteiger partial charge is 0.268 e. The number of H-pyrrole nitrogens is 1. The van der Waals surface area contributed by atoms with Crippen molar-refractivity contribution >= 4 is 11.0 Å². The third kappa shape index (κ3) is 2.57. The summed E-state index contributed by atoms with van der Waals surface area (Å²) in [6.07, 6.45) is 0. The van der Waals surface area contributed by atoms with Crippen molar-refractivity contribution in [2.75, 3.05) is 0 Å². The van der Waals surface area contributed by atoms with Gasteiger partial charge in [0.1, 0.15) is 23.1 Å². The van der Waals surface area contributed by atoms with Gasteiger partial charge in [0.25, 0.3) is 5.56 Å². The molecule has 7 nitrogen and oxygen atoms in total. The fourth-order valence-corrected chi connectivity index (χ4v) is 3.19. The fraction of sp³-hybridized carbons (Fsp3) is 0.0500. The summed E-state index contributed by atoms with van der Waals surface area (Å²) >= 11 is 0. The number of hydrogen-bond acceptors (Lipinski definition) is 5. The average molecular weight is 376 g/mol. The minimum atomic E-state index is -0.624. The Morgan fingerprint density at radius 1 is 1.14 bits per heavy atom. The highest BCUT2D eigenvalue weighted by Crippen LogP contribution is 2.36. The second-order valence-electron chi connectivity index (χ2n) is 6.22. The van der Waals surface area contributed by atoms with Gasteiger partial charge in [0.2, 0.25) is 0 Å². The molecule has 4 aromatic rings. The van der Waals surface area contributed by atoms with Crippen LogP contribution in [0.4, 0.5) is 4.39 Å². The standard InChI is InChI=1S/C20H13FN4O3/c1-10-17-18(11-2-7-15(26)16(27)8-11)14(9-22)20(28)23-19(17)25(24-10)13-5-3-12(21)4-6-13/h2-8,26-27H,1H3,(H,23,28). The fourth-order valence-electron chi connectivity index (χ4n) is 3.19. The van der Waals surface area contributed by atoms with Crippen LogP contribution in [0.25, 0.3) is 27.8 Å². The second-order valence-corrected chi connectivity index (χ2v) is 6.22. The molecule has 0 saturated carbocycles.